The van der Waals surface area contributed by atoms with Crippen molar-refractivity contribution in [2.75, 3.05) is 33.2 Å². The van der Waals surface area contributed by atoms with Gasteiger partial charge >= 0.3 is 5.97 Å². The molecular formula is C19H22N2O5S. The zero-order chi connectivity index (χ0) is 19.4. The van der Waals surface area contributed by atoms with Crippen molar-refractivity contribution in [1.82, 2.24) is 4.90 Å². The second-order valence-corrected chi connectivity index (χ2v) is 7.12. The first-order valence-corrected chi connectivity index (χ1v) is 9.59. The van der Waals surface area contributed by atoms with Crippen molar-refractivity contribution in [3.05, 3.63) is 41.1 Å². The first-order chi connectivity index (χ1) is 13.1. The molecule has 1 fully saturated rings. The summed E-state index contributed by atoms with van der Waals surface area (Å²) in [6, 6.07) is 6.76. The minimum absolute atomic E-state index is 0.0528. The van der Waals surface area contributed by atoms with Gasteiger partial charge in [0.2, 0.25) is 5.91 Å². The van der Waals surface area contributed by atoms with Gasteiger partial charge in [-0.3, -0.25) is 9.69 Å². The molecule has 1 aromatic rings. The number of nitrogens with zero attached hydrogens (tertiary/aromatic N) is 2. The minimum atomic E-state index is -0.571. The molecule has 3 rings (SSSR count). The number of carbonyl (C=O) groups is 2. The largest absolute Gasteiger partial charge is 0.497 e. The SMILES string of the molecule is COCCOC(=O)C1=C(C)N=C2SCCC(=O)N2[C@H]1c1ccc(OC)cc1. The molecule has 2 heterocycles. The van der Waals surface area contributed by atoms with Crippen molar-refractivity contribution in [2.24, 2.45) is 4.99 Å². The van der Waals surface area contributed by atoms with E-state index in [1.54, 1.807) is 26.0 Å². The molecule has 8 heteroatoms. The highest BCUT2D eigenvalue weighted by Gasteiger charge is 2.41. The van der Waals surface area contributed by atoms with E-state index in [9.17, 15) is 9.59 Å². The summed E-state index contributed by atoms with van der Waals surface area (Å²) in [5.74, 6) is 0.844. The van der Waals surface area contributed by atoms with Crippen LogP contribution in [0.2, 0.25) is 0 Å². The van der Waals surface area contributed by atoms with E-state index in [0.717, 1.165) is 5.56 Å². The molecule has 27 heavy (non-hydrogen) atoms. The van der Waals surface area contributed by atoms with Gasteiger partial charge in [-0.25, -0.2) is 9.79 Å². The normalized spacial score (nSPS) is 19.5. The van der Waals surface area contributed by atoms with E-state index in [0.29, 0.717) is 41.0 Å². The van der Waals surface area contributed by atoms with Crippen LogP contribution in [0.15, 0.2) is 40.5 Å². The number of benzene rings is 1. The zero-order valence-electron chi connectivity index (χ0n) is 15.6. The molecule has 0 N–H and O–H groups in total. The third-order valence-corrected chi connectivity index (χ3v) is 5.33. The van der Waals surface area contributed by atoms with Crippen molar-refractivity contribution < 1.29 is 23.8 Å². The third kappa shape index (κ3) is 4.01. The van der Waals surface area contributed by atoms with Gasteiger partial charge in [0.05, 0.1) is 31.0 Å². The number of hydrogen-bond acceptors (Lipinski definition) is 7. The van der Waals surface area contributed by atoms with Gasteiger partial charge < -0.3 is 14.2 Å². The van der Waals surface area contributed by atoms with E-state index in [4.69, 9.17) is 14.2 Å². The summed E-state index contributed by atoms with van der Waals surface area (Å²) < 4.78 is 15.5. The molecule has 2 aliphatic rings. The number of carbonyl (C=O) groups excluding carboxylic acids is 2. The van der Waals surface area contributed by atoms with Gasteiger partial charge in [-0.1, -0.05) is 23.9 Å². The number of esters is 1. The maximum atomic E-state index is 12.8. The highest BCUT2D eigenvalue weighted by atomic mass is 32.2. The summed E-state index contributed by atoms with van der Waals surface area (Å²) in [6.07, 6.45) is 0.404. The standard InChI is InChI=1S/C19H22N2O5S/c1-12-16(18(23)26-10-9-24-2)17(13-4-6-14(25-3)7-5-13)21-15(22)8-11-27-19(21)20-12/h4-7,17H,8-11H2,1-3H3/t17-/m0/s1. The number of fused-ring (bicyclic) bond motifs is 1. The molecule has 0 aliphatic carbocycles. The predicted octanol–water partition coefficient (Wildman–Crippen LogP) is 2.54. The Morgan fingerprint density at radius 1 is 1.26 bits per heavy atom. The quantitative estimate of drug-likeness (QED) is 0.549. The Bertz CT molecular complexity index is 788. The molecule has 0 aromatic heterocycles. The number of allylic oxidation sites excluding steroid dienone is 1. The molecule has 0 unspecified atom stereocenters. The summed E-state index contributed by atoms with van der Waals surface area (Å²) in [5.41, 5.74) is 1.74. The molecule has 0 saturated carbocycles. The van der Waals surface area contributed by atoms with Crippen LogP contribution in [0.5, 0.6) is 5.75 Å². The van der Waals surface area contributed by atoms with Crippen molar-refractivity contribution in [3.8, 4) is 5.75 Å². The number of aliphatic imine (C=N–C) groups is 1. The average molecular weight is 390 g/mol. The van der Waals surface area contributed by atoms with Crippen molar-refractivity contribution in [2.45, 2.75) is 19.4 Å². The zero-order valence-corrected chi connectivity index (χ0v) is 16.4. The molecule has 1 saturated heterocycles. The maximum Gasteiger partial charge on any atom is 0.338 e. The first-order valence-electron chi connectivity index (χ1n) is 8.61. The summed E-state index contributed by atoms with van der Waals surface area (Å²) in [5, 5.41) is 0.623. The molecule has 7 nitrogen and oxygen atoms in total. The highest BCUT2D eigenvalue weighted by molar-refractivity contribution is 8.14. The van der Waals surface area contributed by atoms with Crippen LogP contribution in [-0.4, -0.2) is 55.1 Å². The van der Waals surface area contributed by atoms with Gasteiger partial charge in [-0.2, -0.15) is 0 Å². The van der Waals surface area contributed by atoms with Crippen LogP contribution in [0.25, 0.3) is 0 Å². The average Bonchev–Trinajstić information content (AvgIpc) is 2.67. The molecule has 1 amide bonds. The summed E-state index contributed by atoms with van der Waals surface area (Å²) >= 11 is 1.52. The molecule has 0 bridgehead atoms. The number of hydrogen-bond donors (Lipinski definition) is 0. The van der Waals surface area contributed by atoms with Gasteiger partial charge in [0.25, 0.3) is 0 Å². The van der Waals surface area contributed by atoms with E-state index < -0.39 is 12.0 Å². The van der Waals surface area contributed by atoms with E-state index in [1.165, 1.54) is 11.8 Å². The van der Waals surface area contributed by atoms with Gasteiger partial charge in [0, 0.05) is 19.3 Å². The third-order valence-electron chi connectivity index (χ3n) is 4.38. The van der Waals surface area contributed by atoms with Gasteiger partial charge in [0.1, 0.15) is 12.4 Å². The van der Waals surface area contributed by atoms with Crippen molar-refractivity contribution in [3.63, 3.8) is 0 Å². The smallest absolute Gasteiger partial charge is 0.338 e. The Kier molecular flexibility index (Phi) is 6.18. The molecule has 1 atom stereocenters. The van der Waals surface area contributed by atoms with Crippen LogP contribution < -0.4 is 4.74 Å². The number of methoxy groups -OCH3 is 2. The fourth-order valence-corrected chi connectivity index (χ4v) is 4.06. The number of amidine groups is 1. The van der Waals surface area contributed by atoms with Crippen LogP contribution in [0.3, 0.4) is 0 Å². The van der Waals surface area contributed by atoms with E-state index in [2.05, 4.69) is 4.99 Å². The van der Waals surface area contributed by atoms with E-state index in [1.807, 2.05) is 24.3 Å². The molecule has 2 aliphatic heterocycles. The monoisotopic (exact) mass is 390 g/mol. The fraction of sp³-hybridized carbons (Fsp3) is 0.421. The fourth-order valence-electron chi connectivity index (χ4n) is 3.05. The lowest BCUT2D eigenvalue weighted by molar-refractivity contribution is -0.141. The predicted molar refractivity (Wildman–Crippen MR) is 103 cm³/mol. The lowest BCUT2D eigenvalue weighted by Crippen LogP contribution is -2.45. The number of amides is 1. The summed E-state index contributed by atoms with van der Waals surface area (Å²) in [4.78, 5) is 31.6. The Labute approximate surface area is 162 Å². The number of rotatable bonds is 6. The Morgan fingerprint density at radius 3 is 2.67 bits per heavy atom. The Hall–Kier alpha value is -2.32. The van der Waals surface area contributed by atoms with Crippen molar-refractivity contribution in [1.29, 1.82) is 0 Å². The first kappa shape index (κ1) is 19.4. The lowest BCUT2D eigenvalue weighted by atomic mass is 9.94. The summed E-state index contributed by atoms with van der Waals surface area (Å²) in [7, 11) is 3.13. The molecule has 0 spiro atoms. The Balaban J connectivity index is 2.03. The minimum Gasteiger partial charge on any atom is -0.497 e. The Morgan fingerprint density at radius 2 is 2.00 bits per heavy atom. The molecule has 144 valence electrons. The highest BCUT2D eigenvalue weighted by Crippen LogP contribution is 2.40. The lowest BCUT2D eigenvalue weighted by Gasteiger charge is -2.38. The summed E-state index contributed by atoms with van der Waals surface area (Å²) in [6.45, 7) is 2.21. The van der Waals surface area contributed by atoms with Gasteiger partial charge in [-0.15, -0.1) is 0 Å². The second-order valence-electron chi connectivity index (χ2n) is 6.06. The number of ether oxygens (including phenoxy) is 3. The van der Waals surface area contributed by atoms with Crippen LogP contribution in [0.1, 0.15) is 24.9 Å². The maximum absolute atomic E-state index is 12.8. The van der Waals surface area contributed by atoms with Gasteiger partial charge in [-0.05, 0) is 24.6 Å². The molecule has 1 aromatic carbocycles. The van der Waals surface area contributed by atoms with E-state index in [-0.39, 0.29) is 12.5 Å². The second kappa shape index (κ2) is 8.58. The van der Waals surface area contributed by atoms with E-state index >= 15 is 0 Å². The van der Waals surface area contributed by atoms with Crippen LogP contribution in [-0.2, 0) is 19.1 Å². The molecule has 0 radical (unpaired) electrons. The van der Waals surface area contributed by atoms with Gasteiger partial charge in [0.15, 0.2) is 5.17 Å². The van der Waals surface area contributed by atoms with Crippen LogP contribution >= 0.6 is 11.8 Å². The van der Waals surface area contributed by atoms with Crippen molar-refractivity contribution >= 4 is 28.8 Å². The van der Waals surface area contributed by atoms with Crippen LogP contribution in [0.4, 0.5) is 0 Å². The topological polar surface area (TPSA) is 77.4 Å². The number of thioether (sulfide) groups is 1. The van der Waals surface area contributed by atoms with Crippen LogP contribution in [0, 0.1) is 0 Å². The molecular weight excluding hydrogens is 368 g/mol.